The van der Waals surface area contributed by atoms with Crippen molar-refractivity contribution in [2.75, 3.05) is 13.4 Å². The molecule has 0 aliphatic heterocycles. The molecular formula is C14H18O10S3. The van der Waals surface area contributed by atoms with Gasteiger partial charge < -0.3 is 4.79 Å². The number of rotatable bonds is 3. The van der Waals surface area contributed by atoms with Crippen LogP contribution in [-0.4, -0.2) is 54.5 Å². The molecule has 0 unspecified atom stereocenters. The average Bonchev–Trinajstić information content (AvgIpc) is 2.53. The summed E-state index contributed by atoms with van der Waals surface area (Å²) in [6.45, 7) is 3.54. The fourth-order valence-corrected chi connectivity index (χ4v) is 3.91. The van der Waals surface area contributed by atoms with Gasteiger partial charge in [0.2, 0.25) is 0 Å². The van der Waals surface area contributed by atoms with E-state index in [1.54, 1.807) is 0 Å². The van der Waals surface area contributed by atoms with Gasteiger partial charge in [-0.25, -0.2) is 8.42 Å². The second-order valence-electron chi connectivity index (χ2n) is 4.90. The van der Waals surface area contributed by atoms with Crippen molar-refractivity contribution >= 4 is 47.9 Å². The minimum atomic E-state index is -4.42. The van der Waals surface area contributed by atoms with Crippen LogP contribution in [0.1, 0.15) is 5.56 Å². The zero-order chi connectivity index (χ0) is 21.6. The molecule has 0 heterocycles. The molecule has 10 nitrogen and oxygen atoms in total. The molecule has 2 rings (SSSR count). The molecule has 0 fully saturated rings. The van der Waals surface area contributed by atoms with E-state index in [4.69, 9.17) is 9.35 Å². The standard InChI is InChI=1S/C12H12O5S2.CH4O4S.CH2O/c1-8-6-7-9-10(12(8)19(15,16)17)4-3-5-11(9)18(2,13)14;1-5-6(2,3)4;1-2/h3-7H,1-2H3,(H,15,16,17);1H3,(H,2,3,4);1H2. The maximum absolute atomic E-state index is 11.7. The second kappa shape index (κ2) is 9.34. The third kappa shape index (κ3) is 7.32. The number of hydrogen-bond acceptors (Lipinski definition) is 8. The zero-order valence-corrected chi connectivity index (χ0v) is 16.9. The van der Waals surface area contributed by atoms with E-state index in [2.05, 4.69) is 4.18 Å². The molecular weight excluding hydrogens is 424 g/mol. The first-order chi connectivity index (χ1) is 12.2. The van der Waals surface area contributed by atoms with Gasteiger partial charge in [-0.2, -0.15) is 16.8 Å². The minimum Gasteiger partial charge on any atom is -0.307 e. The van der Waals surface area contributed by atoms with E-state index >= 15 is 0 Å². The highest BCUT2D eigenvalue weighted by Gasteiger charge is 2.20. The molecule has 27 heavy (non-hydrogen) atoms. The highest BCUT2D eigenvalue weighted by molar-refractivity contribution is 7.91. The molecule has 0 aliphatic rings. The molecule has 13 heteroatoms. The van der Waals surface area contributed by atoms with Gasteiger partial charge in [0.05, 0.1) is 12.0 Å². The number of benzene rings is 2. The Balaban J connectivity index is 0.000000722. The molecule has 0 saturated heterocycles. The van der Waals surface area contributed by atoms with Gasteiger partial charge >= 0.3 is 10.4 Å². The minimum absolute atomic E-state index is 0.0369. The summed E-state index contributed by atoms with van der Waals surface area (Å²) in [6, 6.07) is 7.34. The smallest absolute Gasteiger partial charge is 0.307 e. The predicted octanol–water partition coefficient (Wildman–Crippen LogP) is 1.05. The van der Waals surface area contributed by atoms with Crippen molar-refractivity contribution in [1.29, 1.82) is 0 Å². The van der Waals surface area contributed by atoms with Crippen LogP contribution in [0.5, 0.6) is 0 Å². The third-order valence-corrected chi connectivity index (χ3v) is 5.67. The van der Waals surface area contributed by atoms with E-state index in [0.29, 0.717) is 5.56 Å². The van der Waals surface area contributed by atoms with Crippen molar-refractivity contribution in [3.8, 4) is 0 Å². The van der Waals surface area contributed by atoms with Crippen molar-refractivity contribution in [1.82, 2.24) is 0 Å². The number of sulfone groups is 1. The first-order valence-corrected chi connectivity index (χ1v) is 11.4. The van der Waals surface area contributed by atoms with Gasteiger partial charge in [0, 0.05) is 17.0 Å². The fourth-order valence-electron chi connectivity index (χ4n) is 2.08. The zero-order valence-electron chi connectivity index (χ0n) is 14.5. The molecule has 2 aromatic rings. The summed E-state index contributed by atoms with van der Waals surface area (Å²) in [5.41, 5.74) is 0.362. The Kier molecular flexibility index (Phi) is 8.69. The van der Waals surface area contributed by atoms with Gasteiger partial charge in [-0.3, -0.25) is 13.3 Å². The topological polar surface area (TPSA) is 169 Å². The van der Waals surface area contributed by atoms with E-state index in [-0.39, 0.29) is 20.6 Å². The first kappa shape index (κ1) is 25.1. The quantitative estimate of drug-likeness (QED) is 0.655. The van der Waals surface area contributed by atoms with E-state index in [1.807, 2.05) is 6.79 Å². The van der Waals surface area contributed by atoms with Crippen LogP contribution in [0.15, 0.2) is 40.1 Å². The maximum Gasteiger partial charge on any atom is 0.397 e. The van der Waals surface area contributed by atoms with Crippen LogP contribution in [0.4, 0.5) is 0 Å². The molecule has 0 spiro atoms. The lowest BCUT2D eigenvalue weighted by atomic mass is 10.1. The van der Waals surface area contributed by atoms with Crippen LogP contribution in [0.3, 0.4) is 0 Å². The molecule has 0 atom stereocenters. The van der Waals surface area contributed by atoms with Gasteiger partial charge in [-0.1, -0.05) is 24.3 Å². The molecule has 0 aromatic heterocycles. The van der Waals surface area contributed by atoms with Crippen molar-refractivity contribution in [3.63, 3.8) is 0 Å². The summed E-state index contributed by atoms with van der Waals surface area (Å²) in [5, 5.41) is 0.480. The van der Waals surface area contributed by atoms with Gasteiger partial charge in [0.15, 0.2) is 9.84 Å². The summed E-state index contributed by atoms with van der Waals surface area (Å²) in [5.74, 6) is 0. The monoisotopic (exact) mass is 442 g/mol. The van der Waals surface area contributed by atoms with Crippen LogP contribution in [0.2, 0.25) is 0 Å². The second-order valence-corrected chi connectivity index (χ2v) is 9.44. The molecule has 2 N–H and O–H groups in total. The Morgan fingerprint density at radius 3 is 1.74 bits per heavy atom. The van der Waals surface area contributed by atoms with Crippen molar-refractivity contribution in [3.05, 3.63) is 35.9 Å². The number of aryl methyl sites for hydroxylation is 1. The molecule has 0 aliphatic carbocycles. The highest BCUT2D eigenvalue weighted by Crippen LogP contribution is 2.30. The van der Waals surface area contributed by atoms with Crippen molar-refractivity contribution < 1.29 is 43.3 Å². The van der Waals surface area contributed by atoms with Crippen LogP contribution < -0.4 is 0 Å². The summed E-state index contributed by atoms with van der Waals surface area (Å²) in [7, 11) is -11.2. The molecule has 0 radical (unpaired) electrons. The van der Waals surface area contributed by atoms with Crippen LogP contribution in [-0.2, 0) is 39.3 Å². The summed E-state index contributed by atoms with van der Waals surface area (Å²) in [4.78, 5) is 7.78. The Bertz CT molecular complexity index is 1120. The lowest BCUT2D eigenvalue weighted by molar-refractivity contribution is -0.0980. The SMILES string of the molecule is C=O.COS(=O)(=O)O.Cc1ccc2c(S(C)(=O)=O)cccc2c1S(=O)(=O)O. The van der Waals surface area contributed by atoms with Gasteiger partial charge in [-0.05, 0) is 18.6 Å². The Labute approximate surface area is 157 Å². The summed E-state index contributed by atoms with van der Waals surface area (Å²) in [6.07, 6.45) is 1.05. The van der Waals surface area contributed by atoms with E-state index in [9.17, 15) is 29.8 Å². The normalized spacial score (nSPS) is 11.7. The lowest BCUT2D eigenvalue weighted by Crippen LogP contribution is -2.04. The molecule has 0 amide bonds. The number of carbonyl (C=O) groups is 1. The molecule has 152 valence electrons. The van der Waals surface area contributed by atoms with Gasteiger partial charge in [-0.15, -0.1) is 0 Å². The Morgan fingerprint density at radius 1 is 0.889 bits per heavy atom. The first-order valence-electron chi connectivity index (χ1n) is 6.70. The number of fused-ring (bicyclic) bond motifs is 1. The average molecular weight is 442 g/mol. The van der Waals surface area contributed by atoms with E-state index < -0.39 is 30.4 Å². The van der Waals surface area contributed by atoms with Gasteiger partial charge in [0.1, 0.15) is 11.7 Å². The highest BCUT2D eigenvalue weighted by atomic mass is 32.3. The van der Waals surface area contributed by atoms with Crippen LogP contribution >= 0.6 is 0 Å². The van der Waals surface area contributed by atoms with Crippen molar-refractivity contribution in [2.24, 2.45) is 0 Å². The Morgan fingerprint density at radius 2 is 1.37 bits per heavy atom. The largest absolute Gasteiger partial charge is 0.397 e. The summed E-state index contributed by atoms with van der Waals surface area (Å²) < 4.78 is 85.2. The van der Waals surface area contributed by atoms with Crippen LogP contribution in [0.25, 0.3) is 10.8 Å². The van der Waals surface area contributed by atoms with Crippen LogP contribution in [0, 0.1) is 6.92 Å². The Hall–Kier alpha value is -1.90. The molecule has 2 aromatic carbocycles. The molecule has 0 bridgehead atoms. The summed E-state index contributed by atoms with van der Waals surface area (Å²) >= 11 is 0. The fraction of sp³-hybridized carbons (Fsp3) is 0.214. The lowest BCUT2D eigenvalue weighted by Gasteiger charge is -2.10. The maximum atomic E-state index is 11.7. The number of carbonyl (C=O) groups excluding carboxylic acids is 1. The third-order valence-electron chi connectivity index (χ3n) is 3.04. The number of hydrogen-bond donors (Lipinski definition) is 2. The van der Waals surface area contributed by atoms with E-state index in [1.165, 1.54) is 37.3 Å². The predicted molar refractivity (Wildman–Crippen MR) is 97.3 cm³/mol. The van der Waals surface area contributed by atoms with Gasteiger partial charge in [0.25, 0.3) is 10.1 Å². The molecule has 0 saturated carbocycles. The van der Waals surface area contributed by atoms with E-state index in [0.717, 1.165) is 13.4 Å². The van der Waals surface area contributed by atoms with Crippen molar-refractivity contribution in [2.45, 2.75) is 16.7 Å².